The molecule has 3 aromatic carbocycles. The quantitative estimate of drug-likeness (QED) is 0.479. The summed E-state index contributed by atoms with van der Waals surface area (Å²) in [6.45, 7) is 1.61. The Bertz CT molecular complexity index is 1150. The maximum atomic E-state index is 6.06. The minimum absolute atomic E-state index is 0.129. The molecule has 1 aromatic heterocycles. The maximum Gasteiger partial charge on any atom is 0.119 e. The number of hydrogen-bond donors (Lipinski definition) is 2. The summed E-state index contributed by atoms with van der Waals surface area (Å²) >= 11 is 0. The molecule has 4 nitrogen and oxygen atoms in total. The Morgan fingerprint density at radius 1 is 0.933 bits per heavy atom. The number of rotatable bonds is 6. The van der Waals surface area contributed by atoms with E-state index in [0.717, 1.165) is 36.4 Å². The van der Waals surface area contributed by atoms with Crippen molar-refractivity contribution in [3.05, 3.63) is 95.2 Å². The fourth-order valence-corrected chi connectivity index (χ4v) is 4.33. The first-order valence-electron chi connectivity index (χ1n) is 10.5. The Morgan fingerprint density at radius 3 is 2.70 bits per heavy atom. The van der Waals surface area contributed by atoms with Gasteiger partial charge in [-0.25, -0.2) is 0 Å². The van der Waals surface area contributed by atoms with E-state index >= 15 is 0 Å². The lowest BCUT2D eigenvalue weighted by atomic mass is 9.94. The zero-order valence-corrected chi connectivity index (χ0v) is 17.2. The van der Waals surface area contributed by atoms with Crippen molar-refractivity contribution in [2.24, 2.45) is 0 Å². The zero-order valence-electron chi connectivity index (χ0n) is 17.2. The van der Waals surface area contributed by atoms with Gasteiger partial charge in [-0.05, 0) is 53.4 Å². The van der Waals surface area contributed by atoms with Crippen LogP contribution >= 0.6 is 0 Å². The summed E-state index contributed by atoms with van der Waals surface area (Å²) in [4.78, 5) is 3.64. The molecule has 1 atom stereocenters. The summed E-state index contributed by atoms with van der Waals surface area (Å²) in [6, 6.07) is 25.3. The smallest absolute Gasteiger partial charge is 0.119 e. The molecule has 30 heavy (non-hydrogen) atoms. The normalized spacial score (nSPS) is 15.7. The third kappa shape index (κ3) is 3.66. The molecule has 0 saturated heterocycles. The highest BCUT2D eigenvalue weighted by atomic mass is 16.5. The fraction of sp³-hybridized carbons (Fsp3) is 0.231. The van der Waals surface area contributed by atoms with Crippen LogP contribution in [0.2, 0.25) is 0 Å². The molecule has 0 radical (unpaired) electrons. The van der Waals surface area contributed by atoms with Crippen molar-refractivity contribution in [3.63, 3.8) is 0 Å². The molecule has 0 aliphatic carbocycles. The second-order valence-corrected chi connectivity index (χ2v) is 7.72. The summed E-state index contributed by atoms with van der Waals surface area (Å²) in [5.74, 6) is 1.81. The summed E-state index contributed by atoms with van der Waals surface area (Å²) < 4.78 is 11.5. The van der Waals surface area contributed by atoms with Crippen molar-refractivity contribution in [3.8, 4) is 11.5 Å². The molecule has 1 aliphatic rings. The van der Waals surface area contributed by atoms with Crippen LogP contribution in [-0.4, -0.2) is 25.2 Å². The van der Waals surface area contributed by atoms with Gasteiger partial charge < -0.3 is 19.8 Å². The topological polar surface area (TPSA) is 46.3 Å². The van der Waals surface area contributed by atoms with Crippen molar-refractivity contribution >= 4 is 10.9 Å². The van der Waals surface area contributed by atoms with Crippen LogP contribution in [0, 0.1) is 0 Å². The van der Waals surface area contributed by atoms with Crippen molar-refractivity contribution in [2.45, 2.75) is 18.9 Å². The lowest BCUT2D eigenvalue weighted by Crippen LogP contribution is -2.30. The van der Waals surface area contributed by atoms with Gasteiger partial charge in [-0.3, -0.25) is 0 Å². The monoisotopic (exact) mass is 398 g/mol. The Kier molecular flexibility index (Phi) is 5.16. The molecule has 1 aliphatic heterocycles. The highest BCUT2D eigenvalue weighted by Crippen LogP contribution is 2.35. The molecule has 0 spiro atoms. The molecular weight excluding hydrogens is 372 g/mol. The third-order valence-electron chi connectivity index (χ3n) is 5.85. The first-order valence-corrected chi connectivity index (χ1v) is 10.5. The molecule has 2 heterocycles. The summed E-state index contributed by atoms with van der Waals surface area (Å²) in [5.41, 5.74) is 6.28. The van der Waals surface area contributed by atoms with E-state index < -0.39 is 0 Å². The number of benzene rings is 3. The molecule has 4 heteroatoms. The van der Waals surface area contributed by atoms with Crippen LogP contribution in [0.5, 0.6) is 11.5 Å². The van der Waals surface area contributed by atoms with Crippen molar-refractivity contribution in [2.75, 3.05) is 20.3 Å². The zero-order chi connectivity index (χ0) is 20.3. The minimum Gasteiger partial charge on any atom is -0.497 e. The highest BCUT2D eigenvalue weighted by Gasteiger charge is 2.25. The molecule has 5 rings (SSSR count). The van der Waals surface area contributed by atoms with Crippen molar-refractivity contribution < 1.29 is 9.47 Å². The highest BCUT2D eigenvalue weighted by molar-refractivity contribution is 5.86. The second-order valence-electron chi connectivity index (χ2n) is 7.72. The number of methoxy groups -OCH3 is 1. The number of nitrogens with one attached hydrogen (secondary N) is 2. The molecule has 4 aromatic rings. The van der Waals surface area contributed by atoms with Gasteiger partial charge in [0, 0.05) is 29.6 Å². The molecule has 0 bridgehead atoms. The fourth-order valence-electron chi connectivity index (χ4n) is 4.33. The number of fused-ring (bicyclic) bond motifs is 3. The van der Waals surface area contributed by atoms with Crippen molar-refractivity contribution in [1.29, 1.82) is 0 Å². The molecule has 2 N–H and O–H groups in total. The Hall–Kier alpha value is -3.24. The van der Waals surface area contributed by atoms with Gasteiger partial charge in [0.05, 0.1) is 19.8 Å². The van der Waals surface area contributed by atoms with E-state index in [2.05, 4.69) is 64.9 Å². The van der Waals surface area contributed by atoms with Crippen LogP contribution in [0.1, 0.15) is 28.4 Å². The first kappa shape index (κ1) is 18.8. The lowest BCUT2D eigenvalue weighted by molar-refractivity contribution is 0.321. The molecule has 0 amide bonds. The van der Waals surface area contributed by atoms with Crippen molar-refractivity contribution in [1.82, 2.24) is 10.3 Å². The predicted molar refractivity (Wildman–Crippen MR) is 120 cm³/mol. The Morgan fingerprint density at radius 2 is 1.83 bits per heavy atom. The van der Waals surface area contributed by atoms with E-state index in [1.807, 2.05) is 18.2 Å². The predicted octanol–water partition coefficient (Wildman–Crippen LogP) is 5.03. The van der Waals surface area contributed by atoms with Crippen LogP contribution in [-0.2, 0) is 12.8 Å². The SMILES string of the molecule is COc1ccc2[nH]c3c(c2c1)CCNC3c1cccc(OCCc2ccccc2)c1. The van der Waals surface area contributed by atoms with E-state index in [1.165, 1.54) is 27.8 Å². The summed E-state index contributed by atoms with van der Waals surface area (Å²) in [5, 5.41) is 4.93. The van der Waals surface area contributed by atoms with E-state index in [9.17, 15) is 0 Å². The second kappa shape index (κ2) is 8.25. The average Bonchev–Trinajstić information content (AvgIpc) is 3.18. The van der Waals surface area contributed by atoms with E-state index in [4.69, 9.17) is 9.47 Å². The van der Waals surface area contributed by atoms with E-state index in [1.54, 1.807) is 7.11 Å². The molecule has 1 unspecified atom stereocenters. The number of aromatic amines is 1. The summed E-state index contributed by atoms with van der Waals surface area (Å²) in [7, 11) is 1.72. The lowest BCUT2D eigenvalue weighted by Gasteiger charge is -2.25. The van der Waals surface area contributed by atoms with Gasteiger partial charge in [0.1, 0.15) is 11.5 Å². The average molecular weight is 399 g/mol. The number of hydrogen-bond acceptors (Lipinski definition) is 3. The standard InChI is InChI=1S/C26H26N2O2/c1-29-20-10-11-24-23(17-20)22-12-14-27-25(26(22)28-24)19-8-5-9-21(16-19)30-15-13-18-6-3-2-4-7-18/h2-11,16-17,25,27-28H,12-15H2,1H3. The number of ether oxygens (including phenoxy) is 2. The van der Waals surface area contributed by atoms with Gasteiger partial charge in [0.25, 0.3) is 0 Å². The van der Waals surface area contributed by atoms with Gasteiger partial charge in [-0.1, -0.05) is 42.5 Å². The van der Waals surface area contributed by atoms with Gasteiger partial charge in [0.2, 0.25) is 0 Å². The van der Waals surface area contributed by atoms with Crippen LogP contribution in [0.15, 0.2) is 72.8 Å². The van der Waals surface area contributed by atoms with Crippen LogP contribution in [0.25, 0.3) is 10.9 Å². The first-order chi connectivity index (χ1) is 14.8. The van der Waals surface area contributed by atoms with Crippen LogP contribution < -0.4 is 14.8 Å². The largest absolute Gasteiger partial charge is 0.497 e. The Labute approximate surface area is 176 Å². The summed E-state index contributed by atoms with van der Waals surface area (Å²) in [6.07, 6.45) is 1.91. The third-order valence-corrected chi connectivity index (χ3v) is 5.85. The van der Waals surface area contributed by atoms with Crippen LogP contribution in [0.3, 0.4) is 0 Å². The molecular formula is C26H26N2O2. The van der Waals surface area contributed by atoms with Gasteiger partial charge in [-0.15, -0.1) is 0 Å². The minimum atomic E-state index is 0.129. The van der Waals surface area contributed by atoms with E-state index in [-0.39, 0.29) is 6.04 Å². The Balaban J connectivity index is 1.38. The van der Waals surface area contributed by atoms with E-state index in [0.29, 0.717) is 6.61 Å². The maximum absolute atomic E-state index is 6.06. The molecule has 0 fully saturated rings. The van der Waals surface area contributed by atoms with Crippen LogP contribution in [0.4, 0.5) is 0 Å². The van der Waals surface area contributed by atoms with Gasteiger partial charge in [-0.2, -0.15) is 0 Å². The number of H-pyrrole nitrogens is 1. The van der Waals surface area contributed by atoms with Gasteiger partial charge >= 0.3 is 0 Å². The van der Waals surface area contributed by atoms with Gasteiger partial charge in [0.15, 0.2) is 0 Å². The molecule has 0 saturated carbocycles. The molecule has 152 valence electrons. The number of aromatic nitrogens is 1.